The summed E-state index contributed by atoms with van der Waals surface area (Å²) < 4.78 is 29.4. The van der Waals surface area contributed by atoms with Gasteiger partial charge in [-0.15, -0.1) is 0 Å². The van der Waals surface area contributed by atoms with Crippen LogP contribution in [0.25, 0.3) is 0 Å². The first kappa shape index (κ1) is 18.9. The van der Waals surface area contributed by atoms with E-state index in [9.17, 15) is 4.57 Å². The third kappa shape index (κ3) is 6.98. The maximum atomic E-state index is 12.9. The van der Waals surface area contributed by atoms with Gasteiger partial charge in [0.05, 0.1) is 19.8 Å². The first-order valence-corrected chi connectivity index (χ1v) is 9.79. The summed E-state index contributed by atoms with van der Waals surface area (Å²) in [5.74, 6) is 0. The number of phosphoric acid groups is 1. The summed E-state index contributed by atoms with van der Waals surface area (Å²) in [5.41, 5.74) is 1.86. The lowest BCUT2D eigenvalue weighted by atomic mass is 10.2. The first-order valence-electron chi connectivity index (χ1n) is 8.33. The van der Waals surface area contributed by atoms with Crippen LogP contribution in [0.4, 0.5) is 0 Å². The maximum absolute atomic E-state index is 12.9. The van der Waals surface area contributed by atoms with Crippen LogP contribution in [0, 0.1) is 0 Å². The summed E-state index contributed by atoms with van der Waals surface area (Å²) in [7, 11) is -3.59. The molecule has 0 bridgehead atoms. The molecule has 0 fully saturated rings. The van der Waals surface area contributed by atoms with Gasteiger partial charge in [-0.2, -0.15) is 0 Å². The molecule has 2 aromatic carbocycles. The largest absolute Gasteiger partial charge is 0.475 e. The predicted octanol–water partition coefficient (Wildman–Crippen LogP) is 5.73. The maximum Gasteiger partial charge on any atom is 0.475 e. The van der Waals surface area contributed by atoms with E-state index >= 15 is 0 Å². The Hall–Kier alpha value is -1.45. The molecule has 2 rings (SSSR count). The van der Waals surface area contributed by atoms with Crippen molar-refractivity contribution in [2.75, 3.05) is 6.61 Å². The Morgan fingerprint density at radius 3 is 1.71 bits per heavy atom. The van der Waals surface area contributed by atoms with Crippen LogP contribution in [-0.4, -0.2) is 6.61 Å². The highest BCUT2D eigenvalue weighted by Gasteiger charge is 2.26. The van der Waals surface area contributed by atoms with Crippen LogP contribution in [0.5, 0.6) is 0 Å². The van der Waals surface area contributed by atoms with Crippen molar-refractivity contribution < 1.29 is 18.1 Å². The van der Waals surface area contributed by atoms with E-state index in [1.807, 2.05) is 60.7 Å². The average Bonchev–Trinajstić information content (AvgIpc) is 2.64. The van der Waals surface area contributed by atoms with Crippen LogP contribution in [0.3, 0.4) is 0 Å². The van der Waals surface area contributed by atoms with Crippen LogP contribution in [0.15, 0.2) is 60.7 Å². The second-order valence-electron chi connectivity index (χ2n) is 5.51. The van der Waals surface area contributed by atoms with Crippen LogP contribution < -0.4 is 0 Å². The number of phosphoric ester groups is 1. The Morgan fingerprint density at radius 2 is 1.25 bits per heavy atom. The molecule has 24 heavy (non-hydrogen) atoms. The van der Waals surface area contributed by atoms with Crippen molar-refractivity contribution in [1.29, 1.82) is 0 Å². The first-order chi connectivity index (χ1) is 11.7. The standard InChI is InChI=1S/C19H25O4P/c1-2-3-10-15-21-24(20,22-16-18-11-6-4-7-12-18)23-17-19-13-8-5-9-14-19/h4-9,11-14H,2-3,10,15-17H2,1H3. The van der Waals surface area contributed by atoms with Gasteiger partial charge in [0, 0.05) is 0 Å². The van der Waals surface area contributed by atoms with E-state index in [4.69, 9.17) is 13.6 Å². The van der Waals surface area contributed by atoms with E-state index in [-0.39, 0.29) is 13.2 Å². The lowest BCUT2D eigenvalue weighted by Crippen LogP contribution is -2.02. The van der Waals surface area contributed by atoms with Gasteiger partial charge >= 0.3 is 7.82 Å². The van der Waals surface area contributed by atoms with E-state index in [0.29, 0.717) is 6.61 Å². The molecule has 0 amide bonds. The summed E-state index contributed by atoms with van der Waals surface area (Å²) in [6.45, 7) is 2.87. The van der Waals surface area contributed by atoms with Gasteiger partial charge in [0.2, 0.25) is 0 Å². The molecule has 0 N–H and O–H groups in total. The van der Waals surface area contributed by atoms with E-state index in [0.717, 1.165) is 30.4 Å². The second-order valence-corrected chi connectivity index (χ2v) is 7.17. The molecule has 130 valence electrons. The highest BCUT2D eigenvalue weighted by atomic mass is 31.2. The Balaban J connectivity index is 1.93. The lowest BCUT2D eigenvalue weighted by molar-refractivity contribution is 0.101. The zero-order valence-corrected chi connectivity index (χ0v) is 15.0. The van der Waals surface area contributed by atoms with Crippen LogP contribution in [0.2, 0.25) is 0 Å². The molecule has 0 aliphatic carbocycles. The van der Waals surface area contributed by atoms with Crippen LogP contribution >= 0.6 is 7.82 Å². The summed E-state index contributed by atoms with van der Waals surface area (Å²) in [6, 6.07) is 19.2. The zero-order chi connectivity index (χ0) is 17.1. The molecule has 0 spiro atoms. The molecule has 5 heteroatoms. The quantitative estimate of drug-likeness (QED) is 0.384. The van der Waals surface area contributed by atoms with Crippen molar-refractivity contribution in [1.82, 2.24) is 0 Å². The fourth-order valence-electron chi connectivity index (χ4n) is 2.10. The SMILES string of the molecule is CCCCCOP(=O)(OCc1ccccc1)OCc1ccccc1. The molecule has 0 radical (unpaired) electrons. The van der Waals surface area contributed by atoms with Crippen molar-refractivity contribution in [3.63, 3.8) is 0 Å². The van der Waals surface area contributed by atoms with Gasteiger partial charge in [-0.05, 0) is 17.5 Å². The lowest BCUT2D eigenvalue weighted by Gasteiger charge is -2.18. The average molecular weight is 348 g/mol. The van der Waals surface area contributed by atoms with Crippen molar-refractivity contribution in [3.8, 4) is 0 Å². The number of hydrogen-bond donors (Lipinski definition) is 0. The molecule has 4 nitrogen and oxygen atoms in total. The summed E-state index contributed by atoms with van der Waals surface area (Å²) in [6.07, 6.45) is 2.94. The van der Waals surface area contributed by atoms with Gasteiger partial charge < -0.3 is 0 Å². The minimum atomic E-state index is -3.59. The molecule has 0 saturated carbocycles. The molecular formula is C19H25O4P. The molecule has 0 heterocycles. The van der Waals surface area contributed by atoms with E-state index < -0.39 is 7.82 Å². The highest BCUT2D eigenvalue weighted by molar-refractivity contribution is 7.48. The molecule has 0 atom stereocenters. The van der Waals surface area contributed by atoms with Crippen LogP contribution in [-0.2, 0) is 31.4 Å². The molecular weight excluding hydrogens is 323 g/mol. The minimum absolute atomic E-state index is 0.195. The monoisotopic (exact) mass is 348 g/mol. The molecule has 0 unspecified atom stereocenters. The van der Waals surface area contributed by atoms with Gasteiger partial charge in [-0.1, -0.05) is 80.4 Å². The van der Waals surface area contributed by atoms with Crippen molar-refractivity contribution >= 4 is 7.82 Å². The van der Waals surface area contributed by atoms with E-state index in [1.54, 1.807) is 0 Å². The molecule has 0 aliphatic heterocycles. The fourth-order valence-corrected chi connectivity index (χ4v) is 3.29. The Labute approximate surface area is 144 Å². The summed E-state index contributed by atoms with van der Waals surface area (Å²) >= 11 is 0. The summed E-state index contributed by atoms with van der Waals surface area (Å²) in [4.78, 5) is 0. The number of benzene rings is 2. The third-order valence-corrected chi connectivity index (χ3v) is 4.85. The molecule has 0 aromatic heterocycles. The van der Waals surface area contributed by atoms with Gasteiger partial charge in [0.15, 0.2) is 0 Å². The number of unbranched alkanes of at least 4 members (excludes halogenated alkanes) is 2. The normalized spacial score (nSPS) is 11.5. The zero-order valence-electron chi connectivity index (χ0n) is 14.1. The Bertz CT molecular complexity index is 568. The number of hydrogen-bond acceptors (Lipinski definition) is 4. The Kier molecular flexibility index (Phi) is 8.20. The highest BCUT2D eigenvalue weighted by Crippen LogP contribution is 2.51. The third-order valence-electron chi connectivity index (χ3n) is 3.46. The van der Waals surface area contributed by atoms with Crippen molar-refractivity contribution in [3.05, 3.63) is 71.8 Å². The Morgan fingerprint density at radius 1 is 0.750 bits per heavy atom. The van der Waals surface area contributed by atoms with Gasteiger partial charge in [0.25, 0.3) is 0 Å². The number of rotatable bonds is 11. The van der Waals surface area contributed by atoms with Crippen molar-refractivity contribution in [2.24, 2.45) is 0 Å². The smallest absolute Gasteiger partial charge is 0.287 e. The predicted molar refractivity (Wildman–Crippen MR) is 95.5 cm³/mol. The molecule has 0 aliphatic rings. The fraction of sp³-hybridized carbons (Fsp3) is 0.368. The van der Waals surface area contributed by atoms with Gasteiger partial charge in [-0.3, -0.25) is 13.6 Å². The molecule has 0 saturated heterocycles. The summed E-state index contributed by atoms with van der Waals surface area (Å²) in [5, 5.41) is 0. The van der Waals surface area contributed by atoms with Crippen molar-refractivity contribution in [2.45, 2.75) is 39.4 Å². The van der Waals surface area contributed by atoms with E-state index in [2.05, 4.69) is 6.92 Å². The van der Waals surface area contributed by atoms with E-state index in [1.165, 1.54) is 0 Å². The van der Waals surface area contributed by atoms with Crippen LogP contribution in [0.1, 0.15) is 37.3 Å². The van der Waals surface area contributed by atoms with Gasteiger partial charge in [-0.25, -0.2) is 4.57 Å². The van der Waals surface area contributed by atoms with Gasteiger partial charge in [0.1, 0.15) is 0 Å². The molecule has 2 aromatic rings. The second kappa shape index (κ2) is 10.4. The topological polar surface area (TPSA) is 44.8 Å². The minimum Gasteiger partial charge on any atom is -0.287 e.